The summed E-state index contributed by atoms with van der Waals surface area (Å²) in [4.78, 5) is 27.4. The molecular weight excluding hydrogens is 462 g/mol. The molecule has 0 saturated carbocycles. The lowest BCUT2D eigenvalue weighted by molar-refractivity contribution is -0.122. The van der Waals surface area contributed by atoms with Crippen LogP contribution >= 0.6 is 0 Å². The zero-order chi connectivity index (χ0) is 26.8. The Labute approximate surface area is 221 Å². The van der Waals surface area contributed by atoms with Crippen LogP contribution in [0.1, 0.15) is 46.1 Å². The van der Waals surface area contributed by atoms with Gasteiger partial charge < -0.3 is 15.4 Å². The number of hydrogen-bond acceptors (Lipinski definition) is 3. The van der Waals surface area contributed by atoms with Gasteiger partial charge in [0.15, 0.2) is 0 Å². The normalized spacial score (nSPS) is 11.9. The van der Waals surface area contributed by atoms with Crippen molar-refractivity contribution in [3.63, 3.8) is 0 Å². The number of para-hydroxylation sites is 1. The maximum Gasteiger partial charge on any atom is 0.326 e. The highest BCUT2D eigenvalue weighted by Gasteiger charge is 2.19. The minimum Gasteiger partial charge on any atom is -0.457 e. The highest BCUT2D eigenvalue weighted by molar-refractivity contribution is 6.01. The molecular formula is C31H39N3O3. The summed E-state index contributed by atoms with van der Waals surface area (Å²) in [7, 11) is 0. The van der Waals surface area contributed by atoms with E-state index in [-0.39, 0.29) is 23.3 Å². The maximum atomic E-state index is 13.3. The summed E-state index contributed by atoms with van der Waals surface area (Å²) in [5, 5.41) is 5.95. The predicted molar refractivity (Wildman–Crippen MR) is 151 cm³/mol. The number of benzene rings is 3. The van der Waals surface area contributed by atoms with E-state index in [0.29, 0.717) is 36.6 Å². The van der Waals surface area contributed by atoms with Gasteiger partial charge in [-0.2, -0.15) is 0 Å². The van der Waals surface area contributed by atoms with Crippen molar-refractivity contribution in [3.8, 4) is 11.5 Å². The first-order chi connectivity index (χ1) is 17.6. The predicted octanol–water partition coefficient (Wildman–Crippen LogP) is 7.40. The van der Waals surface area contributed by atoms with Gasteiger partial charge in [0.25, 0.3) is 0 Å². The molecule has 3 aromatic rings. The molecule has 6 nitrogen and oxygen atoms in total. The third-order valence-corrected chi connectivity index (χ3v) is 5.83. The standard InChI is InChI=1S/C31H39N3O3/c1-23-11-13-25(14-12-23)33-30(36)34(20-19-32-29(35)21-24(2)22-31(3,4)5)26-15-17-28(18-16-26)37-27-9-7-6-8-10-27/h6-18,24H,19-22H2,1-5H3,(H,32,35)(H,33,36). The minimum atomic E-state index is -0.268. The van der Waals surface area contributed by atoms with Gasteiger partial charge in [0.1, 0.15) is 11.5 Å². The lowest BCUT2D eigenvalue weighted by Gasteiger charge is -2.25. The van der Waals surface area contributed by atoms with Crippen molar-refractivity contribution in [1.82, 2.24) is 5.32 Å². The summed E-state index contributed by atoms with van der Waals surface area (Å²) in [5.74, 6) is 1.71. The van der Waals surface area contributed by atoms with Crippen molar-refractivity contribution in [3.05, 3.63) is 84.4 Å². The van der Waals surface area contributed by atoms with E-state index in [0.717, 1.165) is 17.7 Å². The fourth-order valence-electron chi connectivity index (χ4n) is 4.31. The zero-order valence-electron chi connectivity index (χ0n) is 22.6. The number of anilines is 2. The molecule has 0 fully saturated rings. The number of hydrogen-bond donors (Lipinski definition) is 2. The van der Waals surface area contributed by atoms with Gasteiger partial charge in [0.05, 0.1) is 0 Å². The van der Waals surface area contributed by atoms with Crippen molar-refractivity contribution in [2.75, 3.05) is 23.3 Å². The average molecular weight is 502 g/mol. The van der Waals surface area contributed by atoms with Gasteiger partial charge in [-0.05, 0) is 73.2 Å². The maximum absolute atomic E-state index is 13.3. The van der Waals surface area contributed by atoms with Crippen LogP contribution < -0.4 is 20.3 Å². The van der Waals surface area contributed by atoms with Crippen LogP contribution in [0.2, 0.25) is 0 Å². The van der Waals surface area contributed by atoms with Crippen LogP contribution in [0.5, 0.6) is 11.5 Å². The van der Waals surface area contributed by atoms with Crippen LogP contribution in [0.15, 0.2) is 78.9 Å². The molecule has 3 rings (SSSR count). The van der Waals surface area contributed by atoms with Gasteiger partial charge in [-0.25, -0.2) is 4.79 Å². The van der Waals surface area contributed by atoms with Crippen LogP contribution in [0, 0.1) is 18.3 Å². The Bertz CT molecular complexity index is 1140. The monoisotopic (exact) mass is 501 g/mol. The summed E-state index contributed by atoms with van der Waals surface area (Å²) in [6.07, 6.45) is 1.45. The number of aryl methyl sites for hydroxylation is 1. The fraction of sp³-hybridized carbons (Fsp3) is 0.355. The molecule has 0 aromatic heterocycles. The molecule has 2 N–H and O–H groups in total. The van der Waals surface area contributed by atoms with E-state index in [1.807, 2.05) is 85.8 Å². The second kappa shape index (κ2) is 12.9. The van der Waals surface area contributed by atoms with Crippen LogP contribution in [0.3, 0.4) is 0 Å². The molecule has 0 aliphatic rings. The molecule has 3 amide bonds. The second-order valence-corrected chi connectivity index (χ2v) is 10.8. The van der Waals surface area contributed by atoms with Gasteiger partial charge in [-0.15, -0.1) is 0 Å². The Balaban J connectivity index is 1.66. The van der Waals surface area contributed by atoms with Crippen molar-refractivity contribution >= 4 is 23.3 Å². The van der Waals surface area contributed by atoms with Crippen LogP contribution in [-0.4, -0.2) is 25.0 Å². The number of ether oxygens (including phenoxy) is 1. The fourth-order valence-corrected chi connectivity index (χ4v) is 4.31. The Hall–Kier alpha value is -3.80. The molecule has 3 aromatic carbocycles. The quantitative estimate of drug-likeness (QED) is 0.304. The van der Waals surface area contributed by atoms with Gasteiger partial charge in [0.2, 0.25) is 5.91 Å². The van der Waals surface area contributed by atoms with Crippen molar-refractivity contribution < 1.29 is 14.3 Å². The van der Waals surface area contributed by atoms with E-state index in [1.54, 1.807) is 4.90 Å². The number of carbonyl (C=O) groups excluding carboxylic acids is 2. The minimum absolute atomic E-state index is 0.00208. The average Bonchev–Trinajstić information content (AvgIpc) is 2.83. The molecule has 196 valence electrons. The van der Waals surface area contributed by atoms with Crippen LogP contribution in [0.25, 0.3) is 0 Å². The van der Waals surface area contributed by atoms with Crippen molar-refractivity contribution in [2.24, 2.45) is 11.3 Å². The van der Waals surface area contributed by atoms with E-state index < -0.39 is 0 Å². The second-order valence-electron chi connectivity index (χ2n) is 10.8. The largest absolute Gasteiger partial charge is 0.457 e. The third-order valence-electron chi connectivity index (χ3n) is 5.83. The highest BCUT2D eigenvalue weighted by atomic mass is 16.5. The number of amides is 3. The smallest absolute Gasteiger partial charge is 0.326 e. The molecule has 0 saturated heterocycles. The molecule has 0 bridgehead atoms. The summed E-state index contributed by atoms with van der Waals surface area (Å²) < 4.78 is 5.89. The Kier molecular flexibility index (Phi) is 9.72. The molecule has 0 radical (unpaired) electrons. The van der Waals surface area contributed by atoms with Gasteiger partial charge >= 0.3 is 6.03 Å². The number of carbonyl (C=O) groups is 2. The number of nitrogens with zero attached hydrogens (tertiary/aromatic N) is 1. The topological polar surface area (TPSA) is 70.7 Å². The Morgan fingerprint density at radius 1 is 0.892 bits per heavy atom. The van der Waals surface area contributed by atoms with E-state index in [4.69, 9.17) is 4.74 Å². The Morgan fingerprint density at radius 3 is 2.14 bits per heavy atom. The zero-order valence-corrected chi connectivity index (χ0v) is 22.6. The molecule has 0 aliphatic heterocycles. The lowest BCUT2D eigenvalue weighted by atomic mass is 9.84. The molecule has 0 aliphatic carbocycles. The SMILES string of the molecule is Cc1ccc(NC(=O)N(CCNC(=O)CC(C)CC(C)(C)C)c2ccc(Oc3ccccc3)cc2)cc1. The number of nitrogens with one attached hydrogen (secondary N) is 2. The number of rotatable bonds is 10. The summed E-state index contributed by atoms with van der Waals surface area (Å²) >= 11 is 0. The first-order valence-corrected chi connectivity index (χ1v) is 12.8. The molecule has 1 atom stereocenters. The molecule has 0 heterocycles. The highest BCUT2D eigenvalue weighted by Crippen LogP contribution is 2.26. The van der Waals surface area contributed by atoms with E-state index in [1.165, 1.54) is 0 Å². The summed E-state index contributed by atoms with van der Waals surface area (Å²) in [5.41, 5.74) is 2.72. The summed E-state index contributed by atoms with van der Waals surface area (Å²) in [6.45, 7) is 11.3. The van der Waals surface area contributed by atoms with Crippen molar-refractivity contribution in [2.45, 2.75) is 47.5 Å². The molecule has 37 heavy (non-hydrogen) atoms. The molecule has 0 spiro atoms. The Morgan fingerprint density at radius 2 is 1.51 bits per heavy atom. The first-order valence-electron chi connectivity index (χ1n) is 12.8. The third kappa shape index (κ3) is 9.64. The van der Waals surface area contributed by atoms with Crippen LogP contribution in [0.4, 0.5) is 16.2 Å². The van der Waals surface area contributed by atoms with Gasteiger partial charge in [-0.1, -0.05) is 63.6 Å². The lowest BCUT2D eigenvalue weighted by Crippen LogP contribution is -2.41. The van der Waals surface area contributed by atoms with Crippen molar-refractivity contribution in [1.29, 1.82) is 0 Å². The van der Waals surface area contributed by atoms with E-state index in [2.05, 4.69) is 38.3 Å². The molecule has 6 heteroatoms. The number of urea groups is 1. The van der Waals surface area contributed by atoms with E-state index >= 15 is 0 Å². The molecule has 1 unspecified atom stereocenters. The van der Waals surface area contributed by atoms with Gasteiger partial charge in [0, 0.05) is 30.9 Å². The van der Waals surface area contributed by atoms with Crippen LogP contribution in [-0.2, 0) is 4.79 Å². The van der Waals surface area contributed by atoms with Gasteiger partial charge in [-0.3, -0.25) is 9.69 Å². The van der Waals surface area contributed by atoms with E-state index in [9.17, 15) is 9.59 Å². The summed E-state index contributed by atoms with van der Waals surface area (Å²) in [6, 6.07) is 24.3. The first kappa shape index (κ1) is 27.8.